The van der Waals surface area contributed by atoms with E-state index in [0.717, 1.165) is 19.3 Å². The van der Waals surface area contributed by atoms with Gasteiger partial charge in [-0.1, -0.05) is 41.0 Å². The summed E-state index contributed by atoms with van der Waals surface area (Å²) in [4.78, 5) is 23.5. The van der Waals surface area contributed by atoms with Crippen LogP contribution in [-0.2, 0) is 9.59 Å². The second-order valence-electron chi connectivity index (χ2n) is 7.08. The second-order valence-corrected chi connectivity index (χ2v) is 7.08. The van der Waals surface area contributed by atoms with Crippen molar-refractivity contribution < 1.29 is 14.7 Å². The SMILES string of the molecule is CC1(C)CCCC1C(=O)N[C@H](C(=O)O)C(C)(C)C. The zero-order valence-corrected chi connectivity index (χ0v) is 12.0. The smallest absolute Gasteiger partial charge is 0.326 e. The molecule has 0 radical (unpaired) electrons. The molecule has 0 spiro atoms. The fourth-order valence-electron chi connectivity index (χ4n) is 2.70. The summed E-state index contributed by atoms with van der Waals surface area (Å²) in [5.74, 6) is -1.15. The monoisotopic (exact) mass is 255 g/mol. The summed E-state index contributed by atoms with van der Waals surface area (Å²) in [6.45, 7) is 9.64. The van der Waals surface area contributed by atoms with Gasteiger partial charge in [0.05, 0.1) is 0 Å². The van der Waals surface area contributed by atoms with Gasteiger partial charge in [-0.3, -0.25) is 4.79 Å². The first kappa shape index (κ1) is 15.0. The maximum absolute atomic E-state index is 12.2. The van der Waals surface area contributed by atoms with Gasteiger partial charge in [0.2, 0.25) is 5.91 Å². The molecule has 4 heteroatoms. The molecule has 18 heavy (non-hydrogen) atoms. The molecule has 0 bridgehead atoms. The van der Waals surface area contributed by atoms with Gasteiger partial charge < -0.3 is 10.4 Å². The Balaban J connectivity index is 2.77. The highest BCUT2D eigenvalue weighted by atomic mass is 16.4. The van der Waals surface area contributed by atoms with Crippen LogP contribution in [0.2, 0.25) is 0 Å². The molecule has 1 aliphatic carbocycles. The molecule has 2 N–H and O–H groups in total. The fraction of sp³-hybridized carbons (Fsp3) is 0.857. The van der Waals surface area contributed by atoms with Crippen LogP contribution in [0.25, 0.3) is 0 Å². The van der Waals surface area contributed by atoms with E-state index in [0.29, 0.717) is 0 Å². The molecule has 0 saturated heterocycles. The summed E-state index contributed by atoms with van der Waals surface area (Å²) in [5, 5.41) is 11.9. The van der Waals surface area contributed by atoms with E-state index in [2.05, 4.69) is 19.2 Å². The highest BCUT2D eigenvalue weighted by Gasteiger charge is 2.42. The largest absolute Gasteiger partial charge is 0.480 e. The molecule has 1 aliphatic rings. The zero-order chi connectivity index (χ0) is 14.1. The van der Waals surface area contributed by atoms with Gasteiger partial charge in [-0.15, -0.1) is 0 Å². The number of amides is 1. The third-order valence-corrected chi connectivity index (χ3v) is 3.97. The molecule has 0 aromatic carbocycles. The van der Waals surface area contributed by atoms with Gasteiger partial charge in [0.15, 0.2) is 0 Å². The predicted molar refractivity (Wildman–Crippen MR) is 70.1 cm³/mol. The number of hydrogen-bond acceptors (Lipinski definition) is 2. The van der Waals surface area contributed by atoms with Crippen LogP contribution < -0.4 is 5.32 Å². The Morgan fingerprint density at radius 3 is 2.22 bits per heavy atom. The van der Waals surface area contributed by atoms with E-state index < -0.39 is 17.4 Å². The lowest BCUT2D eigenvalue weighted by molar-refractivity contribution is -0.146. The van der Waals surface area contributed by atoms with E-state index in [1.165, 1.54) is 0 Å². The molecule has 104 valence electrons. The average Bonchev–Trinajstić information content (AvgIpc) is 2.51. The number of nitrogens with one attached hydrogen (secondary N) is 1. The summed E-state index contributed by atoms with van der Waals surface area (Å²) < 4.78 is 0. The lowest BCUT2D eigenvalue weighted by Gasteiger charge is -2.32. The molecule has 2 atom stereocenters. The number of hydrogen-bond donors (Lipinski definition) is 2. The maximum atomic E-state index is 12.2. The van der Waals surface area contributed by atoms with Crippen molar-refractivity contribution in [1.29, 1.82) is 0 Å². The summed E-state index contributed by atoms with van der Waals surface area (Å²) in [6, 6.07) is -0.832. The van der Waals surface area contributed by atoms with E-state index >= 15 is 0 Å². The van der Waals surface area contributed by atoms with Crippen LogP contribution in [0.15, 0.2) is 0 Å². The molecule has 0 aliphatic heterocycles. The third-order valence-electron chi connectivity index (χ3n) is 3.97. The molecule has 1 amide bonds. The van der Waals surface area contributed by atoms with Gasteiger partial charge in [0, 0.05) is 5.92 Å². The quantitative estimate of drug-likeness (QED) is 0.814. The minimum atomic E-state index is -0.966. The Hall–Kier alpha value is -1.06. The Morgan fingerprint density at radius 2 is 1.89 bits per heavy atom. The third kappa shape index (κ3) is 3.24. The Bertz CT molecular complexity index is 341. The molecule has 1 unspecified atom stereocenters. The summed E-state index contributed by atoms with van der Waals surface area (Å²) in [5.41, 5.74) is -0.505. The number of rotatable bonds is 3. The van der Waals surface area contributed by atoms with Crippen molar-refractivity contribution in [2.24, 2.45) is 16.7 Å². The van der Waals surface area contributed by atoms with E-state index in [1.54, 1.807) is 0 Å². The van der Waals surface area contributed by atoms with Gasteiger partial charge in [0.1, 0.15) is 6.04 Å². The molecule has 1 fully saturated rings. The van der Waals surface area contributed by atoms with Crippen molar-refractivity contribution in [3.63, 3.8) is 0 Å². The van der Waals surface area contributed by atoms with Crippen LogP contribution in [0, 0.1) is 16.7 Å². The highest BCUT2D eigenvalue weighted by molar-refractivity contribution is 5.86. The van der Waals surface area contributed by atoms with Crippen LogP contribution in [0.3, 0.4) is 0 Å². The van der Waals surface area contributed by atoms with Gasteiger partial charge in [-0.25, -0.2) is 4.79 Å². The molecule has 0 aromatic heterocycles. The van der Waals surface area contributed by atoms with Gasteiger partial charge in [0.25, 0.3) is 0 Å². The Kier molecular flexibility index (Phi) is 4.08. The van der Waals surface area contributed by atoms with E-state index in [9.17, 15) is 14.7 Å². The molecule has 0 aromatic rings. The number of carboxylic acid groups (broad SMARTS) is 1. The minimum absolute atomic E-state index is 0.0228. The molecule has 0 heterocycles. The molecule has 1 saturated carbocycles. The van der Waals surface area contributed by atoms with E-state index in [4.69, 9.17) is 0 Å². The predicted octanol–water partition coefficient (Wildman–Crippen LogP) is 2.43. The first-order valence-corrected chi connectivity index (χ1v) is 6.59. The van der Waals surface area contributed by atoms with E-state index in [-0.39, 0.29) is 17.2 Å². The first-order valence-electron chi connectivity index (χ1n) is 6.59. The number of aliphatic carboxylic acids is 1. The van der Waals surface area contributed by atoms with Crippen molar-refractivity contribution in [3.8, 4) is 0 Å². The lowest BCUT2D eigenvalue weighted by Crippen LogP contribution is -2.51. The highest BCUT2D eigenvalue weighted by Crippen LogP contribution is 2.42. The van der Waals surface area contributed by atoms with Gasteiger partial charge in [-0.2, -0.15) is 0 Å². The molecular formula is C14H25NO3. The molecule has 4 nitrogen and oxygen atoms in total. The molecule has 1 rings (SSSR count). The van der Waals surface area contributed by atoms with Gasteiger partial charge >= 0.3 is 5.97 Å². The summed E-state index contributed by atoms with van der Waals surface area (Å²) in [7, 11) is 0. The summed E-state index contributed by atoms with van der Waals surface area (Å²) >= 11 is 0. The normalized spacial score (nSPS) is 24.6. The maximum Gasteiger partial charge on any atom is 0.326 e. The Labute approximate surface area is 109 Å². The van der Waals surface area contributed by atoms with Crippen molar-refractivity contribution >= 4 is 11.9 Å². The number of carbonyl (C=O) groups is 2. The second kappa shape index (κ2) is 4.90. The van der Waals surface area contributed by atoms with Crippen molar-refractivity contribution in [1.82, 2.24) is 5.32 Å². The van der Waals surface area contributed by atoms with Crippen molar-refractivity contribution in [2.75, 3.05) is 0 Å². The Morgan fingerprint density at radius 1 is 1.33 bits per heavy atom. The fourth-order valence-corrected chi connectivity index (χ4v) is 2.70. The van der Waals surface area contributed by atoms with Crippen LogP contribution in [-0.4, -0.2) is 23.0 Å². The number of carboxylic acids is 1. The van der Waals surface area contributed by atoms with Crippen LogP contribution in [0.1, 0.15) is 53.9 Å². The minimum Gasteiger partial charge on any atom is -0.480 e. The zero-order valence-electron chi connectivity index (χ0n) is 12.0. The topological polar surface area (TPSA) is 66.4 Å². The van der Waals surface area contributed by atoms with E-state index in [1.807, 2.05) is 20.8 Å². The summed E-state index contributed by atoms with van der Waals surface area (Å²) in [6.07, 6.45) is 2.92. The first-order chi connectivity index (χ1) is 8.05. The number of carbonyl (C=O) groups excluding carboxylic acids is 1. The lowest BCUT2D eigenvalue weighted by atomic mass is 9.80. The molecular weight excluding hydrogens is 230 g/mol. The van der Waals surface area contributed by atoms with Crippen LogP contribution in [0.5, 0.6) is 0 Å². The van der Waals surface area contributed by atoms with Crippen LogP contribution >= 0.6 is 0 Å². The van der Waals surface area contributed by atoms with Gasteiger partial charge in [-0.05, 0) is 23.7 Å². The van der Waals surface area contributed by atoms with Crippen LogP contribution in [0.4, 0.5) is 0 Å². The van der Waals surface area contributed by atoms with Crippen molar-refractivity contribution in [2.45, 2.75) is 59.9 Å². The standard InChI is InChI=1S/C14H25NO3/c1-13(2,3)10(12(17)18)15-11(16)9-7-6-8-14(9,4)5/h9-10H,6-8H2,1-5H3,(H,15,16)(H,17,18)/t9?,10-/m1/s1. The van der Waals surface area contributed by atoms with Crippen molar-refractivity contribution in [3.05, 3.63) is 0 Å². The average molecular weight is 255 g/mol.